The highest BCUT2D eigenvalue weighted by Gasteiger charge is 2.38. The van der Waals surface area contributed by atoms with Gasteiger partial charge in [-0.05, 0) is 61.8 Å². The lowest BCUT2D eigenvalue weighted by Crippen LogP contribution is -2.27. The van der Waals surface area contributed by atoms with E-state index < -0.39 is 12.1 Å². The molecule has 32 heavy (non-hydrogen) atoms. The van der Waals surface area contributed by atoms with Crippen molar-refractivity contribution in [1.82, 2.24) is 0 Å². The summed E-state index contributed by atoms with van der Waals surface area (Å²) in [6.07, 6.45) is -0.277. The predicted octanol–water partition coefficient (Wildman–Crippen LogP) is 3.16. The van der Waals surface area contributed by atoms with E-state index in [9.17, 15) is 18.0 Å². The zero-order chi connectivity index (χ0) is 24.3. The maximum atomic E-state index is 11.8. The van der Waals surface area contributed by atoms with Gasteiger partial charge in [0.05, 0.1) is 6.61 Å². The molecule has 0 saturated heterocycles. The van der Waals surface area contributed by atoms with Crippen molar-refractivity contribution in [3.05, 3.63) is 29.3 Å². The highest BCUT2D eigenvalue weighted by molar-refractivity contribution is 5.75. The monoisotopic (exact) mass is 461 g/mol. The highest BCUT2D eigenvalue weighted by Crippen LogP contribution is 2.30. The normalized spacial score (nSPS) is 16.3. The molecule has 0 spiro atoms. The predicted molar refractivity (Wildman–Crippen MR) is 112 cm³/mol. The molecular weight excluding hydrogens is 431 g/mol. The quantitative estimate of drug-likeness (QED) is 0.245. The number of ether oxygens (including phenoxy) is 2. The number of aliphatic carboxylic acids is 1. The molecule has 8 nitrogen and oxygen atoms in total. The molecule has 2 rings (SSSR count). The van der Waals surface area contributed by atoms with Crippen molar-refractivity contribution in [2.24, 2.45) is 22.4 Å². The number of hydrogen-bond donors (Lipinski definition) is 3. The molecule has 2 atom stereocenters. The van der Waals surface area contributed by atoms with Gasteiger partial charge in [0.15, 0.2) is 12.2 Å². The fourth-order valence-electron chi connectivity index (χ4n) is 3.26. The van der Waals surface area contributed by atoms with Crippen LogP contribution in [-0.4, -0.2) is 42.0 Å². The third kappa shape index (κ3) is 9.88. The zero-order valence-corrected chi connectivity index (χ0v) is 18.2. The second-order valence-electron chi connectivity index (χ2n) is 7.24. The topological polar surface area (TPSA) is 137 Å². The lowest BCUT2D eigenvalue weighted by Gasteiger charge is -2.16. The molecule has 0 radical (unpaired) electrons. The van der Waals surface area contributed by atoms with Crippen molar-refractivity contribution in [2.75, 3.05) is 6.61 Å². The van der Waals surface area contributed by atoms with Crippen molar-refractivity contribution in [3.8, 4) is 5.75 Å². The van der Waals surface area contributed by atoms with Gasteiger partial charge in [0.2, 0.25) is 0 Å². The van der Waals surface area contributed by atoms with Gasteiger partial charge in [-0.2, -0.15) is 13.2 Å². The van der Waals surface area contributed by atoms with Crippen molar-refractivity contribution in [2.45, 2.75) is 64.8 Å². The number of hydrogen-bond acceptors (Lipinski definition) is 5. The lowest BCUT2D eigenvalue weighted by molar-refractivity contribution is -0.192. The number of guanidine groups is 1. The van der Waals surface area contributed by atoms with Gasteiger partial charge in [0.25, 0.3) is 0 Å². The second kappa shape index (κ2) is 12.8. The number of carboxylic acid groups (broad SMARTS) is 1. The maximum absolute atomic E-state index is 11.8. The van der Waals surface area contributed by atoms with E-state index in [-0.39, 0.29) is 18.2 Å². The zero-order valence-electron chi connectivity index (χ0n) is 18.2. The summed E-state index contributed by atoms with van der Waals surface area (Å²) in [7, 11) is 0. The summed E-state index contributed by atoms with van der Waals surface area (Å²) >= 11 is 0. The number of carboxylic acids is 1. The van der Waals surface area contributed by atoms with Crippen molar-refractivity contribution in [3.63, 3.8) is 0 Å². The number of esters is 1. The average molecular weight is 461 g/mol. The molecule has 0 amide bonds. The molecular formula is C21H30F3N3O5. The van der Waals surface area contributed by atoms with Crippen LogP contribution in [0.25, 0.3) is 0 Å². The van der Waals surface area contributed by atoms with E-state index >= 15 is 0 Å². The number of rotatable bonds is 7. The molecule has 0 heterocycles. The first-order valence-electron chi connectivity index (χ1n) is 10.3. The first-order chi connectivity index (χ1) is 15.0. The molecule has 1 aliphatic rings. The number of fused-ring (bicyclic) bond motifs is 1. The number of nitrogens with two attached hydrogens (primary N) is 2. The van der Waals surface area contributed by atoms with Crippen LogP contribution in [0.15, 0.2) is 23.2 Å². The smallest absolute Gasteiger partial charge is 0.475 e. The Morgan fingerprint density at radius 2 is 1.91 bits per heavy atom. The van der Waals surface area contributed by atoms with Crippen LogP contribution in [0.3, 0.4) is 0 Å². The van der Waals surface area contributed by atoms with Crippen LogP contribution in [0.5, 0.6) is 5.75 Å². The van der Waals surface area contributed by atoms with E-state index in [1.807, 2.05) is 19.9 Å². The number of aryl methyl sites for hydroxylation is 1. The van der Waals surface area contributed by atoms with Crippen LogP contribution >= 0.6 is 0 Å². The van der Waals surface area contributed by atoms with Gasteiger partial charge in [-0.3, -0.25) is 4.79 Å². The summed E-state index contributed by atoms with van der Waals surface area (Å²) in [5, 5.41) is 7.12. The van der Waals surface area contributed by atoms with E-state index in [2.05, 4.69) is 17.1 Å². The van der Waals surface area contributed by atoms with Crippen molar-refractivity contribution >= 4 is 17.9 Å². The minimum absolute atomic E-state index is 0.0309. The first-order valence-corrected chi connectivity index (χ1v) is 10.3. The van der Waals surface area contributed by atoms with E-state index in [1.54, 1.807) is 0 Å². The number of benzene rings is 1. The Kier molecular flexibility index (Phi) is 10.8. The van der Waals surface area contributed by atoms with Crippen LogP contribution in [-0.2, 0) is 27.2 Å². The maximum Gasteiger partial charge on any atom is 0.490 e. The Bertz CT molecular complexity index is 795. The van der Waals surface area contributed by atoms with Gasteiger partial charge in [-0.1, -0.05) is 13.0 Å². The van der Waals surface area contributed by atoms with Crippen LogP contribution in [0.4, 0.5) is 13.2 Å². The van der Waals surface area contributed by atoms with Gasteiger partial charge in [-0.25, -0.2) is 9.79 Å². The van der Waals surface area contributed by atoms with Gasteiger partial charge in [-0.15, -0.1) is 0 Å². The SMILES string of the molecule is CCOC(=O)CC1CCCc2cc(OC(CC)N=C(N)N)ccc2C1.O=C(O)C(F)(F)F. The molecule has 2 unspecified atom stereocenters. The summed E-state index contributed by atoms with van der Waals surface area (Å²) in [4.78, 5) is 24.7. The van der Waals surface area contributed by atoms with E-state index in [0.717, 1.165) is 31.4 Å². The van der Waals surface area contributed by atoms with Crippen LogP contribution in [0, 0.1) is 5.92 Å². The number of carbonyl (C=O) groups is 2. The summed E-state index contributed by atoms with van der Waals surface area (Å²) in [5.74, 6) is -1.70. The summed E-state index contributed by atoms with van der Waals surface area (Å²) in [5.41, 5.74) is 13.4. The Morgan fingerprint density at radius 3 is 2.44 bits per heavy atom. The number of alkyl halides is 3. The Labute approximate surface area is 184 Å². The molecule has 0 aromatic heterocycles. The van der Waals surface area contributed by atoms with E-state index in [4.69, 9.17) is 30.8 Å². The number of halogens is 3. The van der Waals surface area contributed by atoms with Crippen molar-refractivity contribution < 1.29 is 37.3 Å². The molecule has 1 aromatic carbocycles. The Morgan fingerprint density at radius 1 is 1.25 bits per heavy atom. The van der Waals surface area contributed by atoms with Gasteiger partial charge >= 0.3 is 18.1 Å². The summed E-state index contributed by atoms with van der Waals surface area (Å²) in [6.45, 7) is 4.26. The Hall–Kier alpha value is -2.98. The molecule has 5 N–H and O–H groups in total. The average Bonchev–Trinajstić information content (AvgIpc) is 2.88. The van der Waals surface area contributed by atoms with Crippen LogP contribution < -0.4 is 16.2 Å². The third-order valence-corrected chi connectivity index (χ3v) is 4.66. The number of nitrogens with zero attached hydrogens (tertiary/aromatic N) is 1. The van der Waals surface area contributed by atoms with Gasteiger partial charge < -0.3 is 26.0 Å². The molecule has 0 aliphatic heterocycles. The molecule has 0 fully saturated rings. The first kappa shape index (κ1) is 27.1. The summed E-state index contributed by atoms with van der Waals surface area (Å²) < 4.78 is 42.7. The molecule has 0 bridgehead atoms. The molecule has 1 aliphatic carbocycles. The third-order valence-electron chi connectivity index (χ3n) is 4.66. The number of carbonyl (C=O) groups excluding carboxylic acids is 1. The Balaban J connectivity index is 0.000000633. The number of aliphatic imine (C=N–C) groups is 1. The van der Waals surface area contributed by atoms with Crippen LogP contribution in [0.2, 0.25) is 0 Å². The largest absolute Gasteiger partial charge is 0.490 e. The van der Waals surface area contributed by atoms with Gasteiger partial charge in [0, 0.05) is 12.8 Å². The summed E-state index contributed by atoms with van der Waals surface area (Å²) in [6, 6.07) is 6.12. The highest BCUT2D eigenvalue weighted by atomic mass is 19.4. The lowest BCUT2D eigenvalue weighted by atomic mass is 9.94. The van der Waals surface area contributed by atoms with Gasteiger partial charge in [0.1, 0.15) is 5.75 Å². The molecule has 0 saturated carbocycles. The molecule has 1 aromatic rings. The minimum atomic E-state index is -5.08. The molecule has 180 valence electrons. The molecule has 11 heteroatoms. The van der Waals surface area contributed by atoms with Crippen molar-refractivity contribution in [1.29, 1.82) is 0 Å². The minimum Gasteiger partial charge on any atom is -0.475 e. The second-order valence-corrected chi connectivity index (χ2v) is 7.24. The standard InChI is InChI=1S/C19H29N3O3.C2HF3O2/c1-3-17(22-19(20)21)25-16-9-8-15-10-13(11-18(23)24-4-2)6-5-7-14(15)12-16;3-2(4,5)1(6)7/h8-9,12-13,17H,3-7,10-11H2,1-2H3,(H4,20,21,22);(H,6,7). The van der Waals surface area contributed by atoms with E-state index in [0.29, 0.717) is 25.4 Å². The van der Waals surface area contributed by atoms with Crippen LogP contribution in [0.1, 0.15) is 50.7 Å². The fraction of sp³-hybridized carbons (Fsp3) is 0.571. The fourth-order valence-corrected chi connectivity index (χ4v) is 3.26. The van der Waals surface area contributed by atoms with E-state index in [1.165, 1.54) is 11.1 Å².